The molecule has 1 unspecified atom stereocenters. The number of amides is 1. The van der Waals surface area contributed by atoms with Crippen LogP contribution in [0.4, 0.5) is 8.78 Å². The standard InChI is InChI=1S/C12H10F2N2O3/c1-6(2-3-15)16-11(17)7-4-9(13)10(14)5-8(7)12(18)19/h4-6H,2H2,1H3,(H,16,17)(H,18,19). The van der Waals surface area contributed by atoms with E-state index in [1.54, 1.807) is 0 Å². The van der Waals surface area contributed by atoms with E-state index in [-0.39, 0.29) is 6.42 Å². The van der Waals surface area contributed by atoms with E-state index in [4.69, 9.17) is 10.4 Å². The molecule has 0 saturated heterocycles. The minimum atomic E-state index is -1.54. The second kappa shape index (κ2) is 5.91. The molecule has 0 aliphatic rings. The Morgan fingerprint density at radius 1 is 1.37 bits per heavy atom. The number of hydrogen-bond donors (Lipinski definition) is 2. The van der Waals surface area contributed by atoms with Crippen LogP contribution in [-0.4, -0.2) is 23.0 Å². The molecule has 0 saturated carbocycles. The van der Waals surface area contributed by atoms with Crippen LogP contribution in [0.15, 0.2) is 12.1 Å². The Morgan fingerprint density at radius 2 is 1.89 bits per heavy atom. The van der Waals surface area contributed by atoms with Crippen molar-refractivity contribution in [1.29, 1.82) is 5.26 Å². The predicted octanol–water partition coefficient (Wildman–Crippen LogP) is 1.69. The quantitative estimate of drug-likeness (QED) is 0.869. The van der Waals surface area contributed by atoms with Gasteiger partial charge in [-0.2, -0.15) is 5.26 Å². The number of carboxylic acids is 1. The third-order valence-corrected chi connectivity index (χ3v) is 2.31. The zero-order chi connectivity index (χ0) is 14.6. The van der Waals surface area contributed by atoms with Crippen LogP contribution in [-0.2, 0) is 0 Å². The summed E-state index contributed by atoms with van der Waals surface area (Å²) in [5.74, 6) is -5.09. The third kappa shape index (κ3) is 3.48. The fraction of sp³-hybridized carbons (Fsp3) is 0.250. The lowest BCUT2D eigenvalue weighted by Crippen LogP contribution is -2.33. The van der Waals surface area contributed by atoms with Gasteiger partial charge in [0.1, 0.15) is 0 Å². The fourth-order valence-corrected chi connectivity index (χ4v) is 1.40. The van der Waals surface area contributed by atoms with Crippen LogP contribution in [0.2, 0.25) is 0 Å². The number of nitriles is 1. The predicted molar refractivity (Wildman–Crippen MR) is 60.5 cm³/mol. The third-order valence-electron chi connectivity index (χ3n) is 2.31. The minimum absolute atomic E-state index is 0.0117. The molecule has 0 heterocycles. The van der Waals surface area contributed by atoms with Gasteiger partial charge in [0.15, 0.2) is 11.6 Å². The van der Waals surface area contributed by atoms with Crippen molar-refractivity contribution in [3.63, 3.8) is 0 Å². The molecule has 1 aromatic carbocycles. The number of halogens is 2. The van der Waals surface area contributed by atoms with Crippen molar-refractivity contribution < 1.29 is 23.5 Å². The van der Waals surface area contributed by atoms with Crippen LogP contribution < -0.4 is 5.32 Å². The van der Waals surface area contributed by atoms with Crippen molar-refractivity contribution in [2.45, 2.75) is 19.4 Å². The van der Waals surface area contributed by atoms with Crippen LogP contribution in [0.25, 0.3) is 0 Å². The molecule has 2 N–H and O–H groups in total. The molecule has 1 rings (SSSR count). The topological polar surface area (TPSA) is 90.2 Å². The largest absolute Gasteiger partial charge is 0.478 e. The summed E-state index contributed by atoms with van der Waals surface area (Å²) >= 11 is 0. The highest BCUT2D eigenvalue weighted by atomic mass is 19.2. The van der Waals surface area contributed by atoms with Gasteiger partial charge in [-0.25, -0.2) is 13.6 Å². The van der Waals surface area contributed by atoms with Crippen LogP contribution >= 0.6 is 0 Å². The van der Waals surface area contributed by atoms with Crippen molar-refractivity contribution in [1.82, 2.24) is 5.32 Å². The van der Waals surface area contributed by atoms with Gasteiger partial charge in [0.2, 0.25) is 0 Å². The minimum Gasteiger partial charge on any atom is -0.478 e. The molecule has 100 valence electrons. The number of hydrogen-bond acceptors (Lipinski definition) is 3. The normalized spacial score (nSPS) is 11.5. The number of nitrogens with zero attached hydrogens (tertiary/aromatic N) is 1. The van der Waals surface area contributed by atoms with Crippen molar-refractivity contribution in [2.75, 3.05) is 0 Å². The van der Waals surface area contributed by atoms with E-state index in [9.17, 15) is 18.4 Å². The van der Waals surface area contributed by atoms with Crippen molar-refractivity contribution in [3.05, 3.63) is 34.9 Å². The van der Waals surface area contributed by atoms with E-state index < -0.39 is 40.7 Å². The lowest BCUT2D eigenvalue weighted by molar-refractivity contribution is 0.0689. The maximum Gasteiger partial charge on any atom is 0.336 e. The first-order valence-electron chi connectivity index (χ1n) is 5.27. The highest BCUT2D eigenvalue weighted by Gasteiger charge is 2.21. The molecule has 0 aliphatic carbocycles. The van der Waals surface area contributed by atoms with E-state index >= 15 is 0 Å². The van der Waals surface area contributed by atoms with Gasteiger partial charge in [0.25, 0.3) is 5.91 Å². The number of benzene rings is 1. The molecule has 0 fully saturated rings. The van der Waals surface area contributed by atoms with Crippen molar-refractivity contribution >= 4 is 11.9 Å². The molecule has 0 aromatic heterocycles. The van der Waals surface area contributed by atoms with Crippen LogP contribution in [0.3, 0.4) is 0 Å². The molecule has 0 bridgehead atoms. The van der Waals surface area contributed by atoms with Gasteiger partial charge in [0.05, 0.1) is 23.6 Å². The molecule has 7 heteroatoms. The summed E-state index contributed by atoms with van der Waals surface area (Å²) in [6.45, 7) is 1.53. The highest BCUT2D eigenvalue weighted by Crippen LogP contribution is 2.15. The maximum atomic E-state index is 13.1. The zero-order valence-corrected chi connectivity index (χ0v) is 9.91. The lowest BCUT2D eigenvalue weighted by Gasteiger charge is -2.12. The Labute approximate surface area is 107 Å². The molecule has 0 spiro atoms. The SMILES string of the molecule is CC(CC#N)NC(=O)c1cc(F)c(F)cc1C(=O)O. The van der Waals surface area contributed by atoms with E-state index in [1.165, 1.54) is 6.92 Å². The molecular formula is C12H10F2N2O3. The molecule has 5 nitrogen and oxygen atoms in total. The first-order chi connectivity index (χ1) is 8.86. The maximum absolute atomic E-state index is 13.1. The van der Waals surface area contributed by atoms with Gasteiger partial charge in [0, 0.05) is 6.04 Å². The van der Waals surface area contributed by atoms with Gasteiger partial charge < -0.3 is 10.4 Å². The number of aromatic carboxylic acids is 1. The Morgan fingerprint density at radius 3 is 2.37 bits per heavy atom. The number of nitrogens with one attached hydrogen (secondary N) is 1. The zero-order valence-electron chi connectivity index (χ0n) is 9.91. The molecule has 1 atom stereocenters. The van der Waals surface area contributed by atoms with E-state index in [0.29, 0.717) is 12.1 Å². The summed E-state index contributed by atoms with van der Waals surface area (Å²) in [7, 11) is 0. The van der Waals surface area contributed by atoms with Crippen LogP contribution in [0.1, 0.15) is 34.1 Å². The van der Waals surface area contributed by atoms with E-state index in [2.05, 4.69) is 5.32 Å². The van der Waals surface area contributed by atoms with Crippen molar-refractivity contribution in [3.8, 4) is 6.07 Å². The summed E-state index contributed by atoms with van der Waals surface area (Å²) in [6.07, 6.45) is 0.0117. The van der Waals surface area contributed by atoms with Crippen molar-refractivity contribution in [2.24, 2.45) is 0 Å². The smallest absolute Gasteiger partial charge is 0.336 e. The summed E-state index contributed by atoms with van der Waals surface area (Å²) < 4.78 is 26.0. The Bertz CT molecular complexity index is 567. The second-order valence-corrected chi connectivity index (χ2v) is 3.85. The number of rotatable bonds is 4. The van der Waals surface area contributed by atoms with Gasteiger partial charge in [-0.3, -0.25) is 4.79 Å². The molecule has 0 aliphatic heterocycles. The summed E-state index contributed by atoms with van der Waals surface area (Å²) in [6, 6.07) is 2.25. The van der Waals surface area contributed by atoms with Gasteiger partial charge >= 0.3 is 5.97 Å². The second-order valence-electron chi connectivity index (χ2n) is 3.85. The fourth-order valence-electron chi connectivity index (χ4n) is 1.40. The van der Waals surface area contributed by atoms with Gasteiger partial charge in [-0.1, -0.05) is 0 Å². The molecule has 19 heavy (non-hydrogen) atoms. The van der Waals surface area contributed by atoms with E-state index in [1.807, 2.05) is 6.07 Å². The molecule has 1 amide bonds. The molecular weight excluding hydrogens is 258 g/mol. The Hall–Kier alpha value is -2.49. The summed E-state index contributed by atoms with van der Waals surface area (Å²) in [5.41, 5.74) is -1.13. The number of carbonyl (C=O) groups is 2. The average Bonchev–Trinajstić information content (AvgIpc) is 2.31. The molecule has 1 aromatic rings. The summed E-state index contributed by atoms with van der Waals surface area (Å²) in [4.78, 5) is 22.6. The first-order valence-corrected chi connectivity index (χ1v) is 5.27. The summed E-state index contributed by atoms with van der Waals surface area (Å²) in [5, 5.41) is 19.6. The van der Waals surface area contributed by atoms with Crippen LogP contribution in [0.5, 0.6) is 0 Å². The van der Waals surface area contributed by atoms with Crippen LogP contribution in [0, 0.1) is 23.0 Å². The Balaban J connectivity index is 3.12. The monoisotopic (exact) mass is 268 g/mol. The number of carboxylic acid groups (broad SMARTS) is 1. The first kappa shape index (κ1) is 14.6. The van der Waals surface area contributed by atoms with Gasteiger partial charge in [-0.05, 0) is 19.1 Å². The van der Waals surface area contributed by atoms with E-state index in [0.717, 1.165) is 0 Å². The molecule has 0 radical (unpaired) electrons. The lowest BCUT2D eigenvalue weighted by atomic mass is 10.1. The van der Waals surface area contributed by atoms with Gasteiger partial charge in [-0.15, -0.1) is 0 Å². The average molecular weight is 268 g/mol. The highest BCUT2D eigenvalue weighted by molar-refractivity contribution is 6.04. The number of carbonyl (C=O) groups excluding carboxylic acids is 1. The Kier molecular flexibility index (Phi) is 4.53.